The van der Waals surface area contributed by atoms with Crippen molar-refractivity contribution in [3.8, 4) is 0 Å². The van der Waals surface area contributed by atoms with Gasteiger partial charge in [0.25, 0.3) is 0 Å². The zero-order valence-electron chi connectivity index (χ0n) is 9.83. The molecule has 3 heteroatoms. The van der Waals surface area contributed by atoms with Gasteiger partial charge in [-0.3, -0.25) is 0 Å². The maximum atomic E-state index is 12.9. The van der Waals surface area contributed by atoms with Crippen LogP contribution in [0.3, 0.4) is 0 Å². The van der Waals surface area contributed by atoms with Crippen molar-refractivity contribution in [1.29, 1.82) is 0 Å². The number of aliphatic hydroxyl groups excluding tert-OH is 1. The fourth-order valence-corrected chi connectivity index (χ4v) is 3.15. The molecule has 17 heavy (non-hydrogen) atoms. The van der Waals surface area contributed by atoms with Crippen LogP contribution in [0.1, 0.15) is 37.7 Å². The number of benzene rings is 1. The lowest BCUT2D eigenvalue weighted by atomic mass is 9.95. The molecular formula is C14H18BrFO. The Bertz CT molecular complexity index is 374. The summed E-state index contributed by atoms with van der Waals surface area (Å²) in [6, 6.07) is 4.75. The van der Waals surface area contributed by atoms with E-state index in [0.29, 0.717) is 5.92 Å². The van der Waals surface area contributed by atoms with Crippen molar-refractivity contribution in [3.05, 3.63) is 34.1 Å². The van der Waals surface area contributed by atoms with Gasteiger partial charge < -0.3 is 5.11 Å². The van der Waals surface area contributed by atoms with Gasteiger partial charge in [0.05, 0.1) is 6.10 Å². The molecule has 1 nitrogen and oxygen atoms in total. The first-order valence-corrected chi connectivity index (χ1v) is 7.08. The van der Waals surface area contributed by atoms with Gasteiger partial charge in [0, 0.05) is 4.47 Å². The summed E-state index contributed by atoms with van der Waals surface area (Å²) in [5.74, 6) is 0.256. The summed E-state index contributed by atoms with van der Waals surface area (Å²) in [5, 5.41) is 10.1. The SMILES string of the molecule is OC(CCc1ccc(F)cc1Br)C1CCCC1. The Morgan fingerprint density at radius 3 is 2.71 bits per heavy atom. The highest BCUT2D eigenvalue weighted by Gasteiger charge is 2.22. The predicted octanol–water partition coefficient (Wildman–Crippen LogP) is 4.07. The summed E-state index contributed by atoms with van der Waals surface area (Å²) < 4.78 is 13.7. The molecule has 2 rings (SSSR count). The highest BCUT2D eigenvalue weighted by molar-refractivity contribution is 9.10. The molecule has 1 unspecified atom stereocenters. The van der Waals surface area contributed by atoms with Gasteiger partial charge in [-0.2, -0.15) is 0 Å². The van der Waals surface area contributed by atoms with Crippen LogP contribution in [0.2, 0.25) is 0 Å². The first-order chi connectivity index (χ1) is 8.16. The van der Waals surface area contributed by atoms with Gasteiger partial charge >= 0.3 is 0 Å². The molecule has 94 valence electrons. The molecule has 1 fully saturated rings. The minimum atomic E-state index is -0.225. The van der Waals surface area contributed by atoms with Crippen LogP contribution in [0, 0.1) is 11.7 Å². The molecule has 0 aromatic heterocycles. The summed E-state index contributed by atoms with van der Waals surface area (Å²) >= 11 is 3.36. The van der Waals surface area contributed by atoms with Gasteiger partial charge in [-0.25, -0.2) is 4.39 Å². The topological polar surface area (TPSA) is 20.2 Å². The smallest absolute Gasteiger partial charge is 0.124 e. The van der Waals surface area contributed by atoms with Crippen LogP contribution in [0.25, 0.3) is 0 Å². The molecule has 1 saturated carbocycles. The Kier molecular flexibility index (Phi) is 4.57. The summed E-state index contributed by atoms with van der Waals surface area (Å²) in [4.78, 5) is 0. The fourth-order valence-electron chi connectivity index (χ4n) is 2.61. The van der Waals surface area contributed by atoms with Crippen molar-refractivity contribution in [2.75, 3.05) is 0 Å². The van der Waals surface area contributed by atoms with Gasteiger partial charge in [-0.1, -0.05) is 34.8 Å². The largest absolute Gasteiger partial charge is 0.393 e. The number of halogens is 2. The Morgan fingerprint density at radius 2 is 2.06 bits per heavy atom. The average molecular weight is 301 g/mol. The second-order valence-corrected chi connectivity index (χ2v) is 5.74. The van der Waals surface area contributed by atoms with Gasteiger partial charge in [0.15, 0.2) is 0 Å². The van der Waals surface area contributed by atoms with E-state index in [-0.39, 0.29) is 11.9 Å². The second-order valence-electron chi connectivity index (χ2n) is 4.89. The third-order valence-electron chi connectivity index (χ3n) is 3.67. The zero-order chi connectivity index (χ0) is 12.3. The number of hydrogen-bond acceptors (Lipinski definition) is 1. The van der Waals surface area contributed by atoms with E-state index in [4.69, 9.17) is 0 Å². The van der Waals surface area contributed by atoms with E-state index in [1.807, 2.05) is 0 Å². The lowest BCUT2D eigenvalue weighted by Gasteiger charge is -2.17. The molecule has 1 N–H and O–H groups in total. The van der Waals surface area contributed by atoms with Crippen LogP contribution in [-0.4, -0.2) is 11.2 Å². The molecule has 0 heterocycles. The molecule has 0 bridgehead atoms. The fraction of sp³-hybridized carbons (Fsp3) is 0.571. The molecule has 1 aromatic carbocycles. The van der Waals surface area contributed by atoms with Crippen molar-refractivity contribution < 1.29 is 9.50 Å². The molecule has 1 aromatic rings. The average Bonchev–Trinajstić information content (AvgIpc) is 2.81. The molecule has 1 atom stereocenters. The Balaban J connectivity index is 1.88. The van der Waals surface area contributed by atoms with E-state index in [0.717, 1.165) is 35.7 Å². The minimum absolute atomic E-state index is 0.200. The maximum absolute atomic E-state index is 12.9. The van der Waals surface area contributed by atoms with E-state index in [2.05, 4.69) is 15.9 Å². The molecule has 1 aliphatic carbocycles. The number of aryl methyl sites for hydroxylation is 1. The van der Waals surface area contributed by atoms with E-state index in [1.54, 1.807) is 6.07 Å². The Morgan fingerprint density at radius 1 is 1.35 bits per heavy atom. The van der Waals surface area contributed by atoms with Crippen LogP contribution in [0.5, 0.6) is 0 Å². The number of rotatable bonds is 4. The highest BCUT2D eigenvalue weighted by Crippen LogP contribution is 2.30. The van der Waals surface area contributed by atoms with E-state index in [1.165, 1.54) is 25.0 Å². The summed E-state index contributed by atoms with van der Waals surface area (Å²) in [6.07, 6.45) is 6.20. The summed E-state index contributed by atoms with van der Waals surface area (Å²) in [6.45, 7) is 0. The van der Waals surface area contributed by atoms with Crippen molar-refractivity contribution >= 4 is 15.9 Å². The summed E-state index contributed by atoms with van der Waals surface area (Å²) in [7, 11) is 0. The molecule has 0 saturated heterocycles. The van der Waals surface area contributed by atoms with Crippen LogP contribution in [0.15, 0.2) is 22.7 Å². The maximum Gasteiger partial charge on any atom is 0.124 e. The molecule has 0 spiro atoms. The molecule has 0 radical (unpaired) electrons. The number of aliphatic hydroxyl groups is 1. The standard InChI is InChI=1S/C14H18BrFO/c15-13-9-12(16)7-5-10(13)6-8-14(17)11-3-1-2-4-11/h5,7,9,11,14,17H,1-4,6,8H2. The van der Waals surface area contributed by atoms with Crippen LogP contribution in [0.4, 0.5) is 4.39 Å². The third-order valence-corrected chi connectivity index (χ3v) is 4.41. The lowest BCUT2D eigenvalue weighted by molar-refractivity contribution is 0.102. The first kappa shape index (κ1) is 13.0. The van der Waals surface area contributed by atoms with Gasteiger partial charge in [0.2, 0.25) is 0 Å². The third kappa shape index (κ3) is 3.52. The monoisotopic (exact) mass is 300 g/mol. The quantitative estimate of drug-likeness (QED) is 0.888. The van der Waals surface area contributed by atoms with E-state index >= 15 is 0 Å². The molecule has 0 aliphatic heterocycles. The lowest BCUT2D eigenvalue weighted by Crippen LogP contribution is -2.18. The van der Waals surface area contributed by atoms with Crippen molar-refractivity contribution in [1.82, 2.24) is 0 Å². The zero-order valence-corrected chi connectivity index (χ0v) is 11.4. The van der Waals surface area contributed by atoms with Crippen LogP contribution >= 0.6 is 15.9 Å². The molecular weight excluding hydrogens is 283 g/mol. The molecule has 0 amide bonds. The van der Waals surface area contributed by atoms with E-state index in [9.17, 15) is 9.50 Å². The first-order valence-electron chi connectivity index (χ1n) is 6.29. The molecule has 1 aliphatic rings. The predicted molar refractivity (Wildman–Crippen MR) is 70.4 cm³/mol. The van der Waals surface area contributed by atoms with Crippen LogP contribution < -0.4 is 0 Å². The number of hydrogen-bond donors (Lipinski definition) is 1. The van der Waals surface area contributed by atoms with E-state index < -0.39 is 0 Å². The van der Waals surface area contributed by atoms with Crippen molar-refractivity contribution in [2.45, 2.75) is 44.6 Å². The summed E-state index contributed by atoms with van der Waals surface area (Å²) in [5.41, 5.74) is 1.07. The van der Waals surface area contributed by atoms with Crippen LogP contribution in [-0.2, 0) is 6.42 Å². The van der Waals surface area contributed by atoms with Crippen molar-refractivity contribution in [3.63, 3.8) is 0 Å². The Hall–Kier alpha value is -0.410. The van der Waals surface area contributed by atoms with Crippen molar-refractivity contribution in [2.24, 2.45) is 5.92 Å². The van der Waals surface area contributed by atoms with Gasteiger partial charge in [0.1, 0.15) is 5.82 Å². The minimum Gasteiger partial charge on any atom is -0.393 e. The van der Waals surface area contributed by atoms with Gasteiger partial charge in [-0.15, -0.1) is 0 Å². The Labute approximate surface area is 110 Å². The van der Waals surface area contributed by atoms with Gasteiger partial charge in [-0.05, 0) is 49.3 Å². The highest BCUT2D eigenvalue weighted by atomic mass is 79.9. The normalized spacial score (nSPS) is 18.5. The second kappa shape index (κ2) is 5.96.